The van der Waals surface area contributed by atoms with Crippen molar-refractivity contribution in [1.29, 1.82) is 0 Å². The third-order valence-electron chi connectivity index (χ3n) is 3.89. The summed E-state index contributed by atoms with van der Waals surface area (Å²) in [5.74, 6) is -6.80. The Morgan fingerprint density at radius 2 is 1.93 bits per heavy atom. The fourth-order valence-corrected chi connectivity index (χ4v) is 2.56. The average molecular weight is 390 g/mol. The zero-order valence-corrected chi connectivity index (χ0v) is 13.9. The lowest BCUT2D eigenvalue weighted by molar-refractivity contribution is 0.102. The molecule has 0 fully saturated rings. The van der Waals surface area contributed by atoms with Gasteiger partial charge < -0.3 is 5.32 Å². The minimum absolute atomic E-state index is 0.101. The second-order valence-corrected chi connectivity index (χ2v) is 5.78. The molecular weight excluding hydrogens is 380 g/mol. The van der Waals surface area contributed by atoms with Crippen molar-refractivity contribution in [2.75, 3.05) is 5.32 Å². The number of benzene rings is 1. The number of nitrogens with zero attached hydrogens (tertiary/aromatic N) is 5. The summed E-state index contributed by atoms with van der Waals surface area (Å²) in [7, 11) is 0. The highest BCUT2D eigenvalue weighted by molar-refractivity contribution is 6.03. The van der Waals surface area contributed by atoms with E-state index in [4.69, 9.17) is 0 Å². The van der Waals surface area contributed by atoms with E-state index in [0.717, 1.165) is 4.68 Å². The smallest absolute Gasteiger partial charge is 0.276 e. The van der Waals surface area contributed by atoms with Crippen LogP contribution in [0.4, 0.5) is 23.2 Å². The summed E-state index contributed by atoms with van der Waals surface area (Å²) in [6, 6.07) is 3.39. The summed E-state index contributed by atoms with van der Waals surface area (Å²) in [6.45, 7) is -0.497. The number of carbonyl (C=O) groups excluding carboxylic acids is 1. The second-order valence-electron chi connectivity index (χ2n) is 5.78. The number of aromatic nitrogens is 5. The van der Waals surface area contributed by atoms with Crippen LogP contribution in [0, 0.1) is 23.3 Å². The van der Waals surface area contributed by atoms with Gasteiger partial charge in [0.1, 0.15) is 5.82 Å². The molecule has 0 aliphatic heterocycles. The molecule has 4 rings (SSSR count). The standard InChI is InChI=1S/C17H10F4N6O/c18-11-4-12(19)16(21)15(20)10(11)8-26-7-9(6-23-26)24-17(28)13-5-14-22-2-1-3-27(14)25-13/h1-7H,8H2,(H,24,28). The van der Waals surface area contributed by atoms with Gasteiger partial charge in [-0.05, 0) is 6.07 Å². The Hall–Kier alpha value is -3.76. The van der Waals surface area contributed by atoms with Crippen molar-refractivity contribution >= 4 is 17.2 Å². The molecule has 7 nitrogen and oxygen atoms in total. The highest BCUT2D eigenvalue weighted by Gasteiger charge is 2.20. The quantitative estimate of drug-likeness (QED) is 0.330. The molecule has 3 heterocycles. The fraction of sp³-hybridized carbons (Fsp3) is 0.0588. The largest absolute Gasteiger partial charge is 0.318 e. The molecule has 0 saturated heterocycles. The van der Waals surface area contributed by atoms with Crippen molar-refractivity contribution in [2.24, 2.45) is 0 Å². The summed E-state index contributed by atoms with van der Waals surface area (Å²) >= 11 is 0. The molecule has 142 valence electrons. The summed E-state index contributed by atoms with van der Waals surface area (Å²) in [6.07, 6.45) is 5.70. The van der Waals surface area contributed by atoms with Gasteiger partial charge in [0, 0.05) is 36.3 Å². The van der Waals surface area contributed by atoms with Crippen molar-refractivity contribution < 1.29 is 22.4 Å². The molecule has 0 unspecified atom stereocenters. The number of rotatable bonds is 4. The highest BCUT2D eigenvalue weighted by Crippen LogP contribution is 2.20. The van der Waals surface area contributed by atoms with E-state index in [1.54, 1.807) is 18.5 Å². The molecule has 1 N–H and O–H groups in total. The summed E-state index contributed by atoms with van der Waals surface area (Å²) in [5.41, 5.74) is 0.112. The average Bonchev–Trinajstić information content (AvgIpc) is 3.30. The van der Waals surface area contributed by atoms with Gasteiger partial charge in [0.2, 0.25) is 0 Å². The first kappa shape index (κ1) is 17.6. The number of hydrogen-bond donors (Lipinski definition) is 1. The Morgan fingerprint density at radius 1 is 1.11 bits per heavy atom. The Labute approximate surface area is 154 Å². The monoisotopic (exact) mass is 390 g/mol. The van der Waals surface area contributed by atoms with E-state index in [-0.39, 0.29) is 17.4 Å². The van der Waals surface area contributed by atoms with Gasteiger partial charge in [0.05, 0.1) is 18.4 Å². The molecule has 0 saturated carbocycles. The first-order valence-electron chi connectivity index (χ1n) is 7.88. The van der Waals surface area contributed by atoms with E-state index in [1.165, 1.54) is 23.0 Å². The van der Waals surface area contributed by atoms with Crippen molar-refractivity contribution in [2.45, 2.75) is 6.54 Å². The molecule has 0 atom stereocenters. The lowest BCUT2D eigenvalue weighted by Gasteiger charge is -2.06. The second kappa shape index (κ2) is 6.76. The van der Waals surface area contributed by atoms with Crippen LogP contribution in [0.15, 0.2) is 43.0 Å². The highest BCUT2D eigenvalue weighted by atomic mass is 19.2. The molecular formula is C17H10F4N6O. The first-order chi connectivity index (χ1) is 13.4. The Kier molecular flexibility index (Phi) is 4.26. The van der Waals surface area contributed by atoms with Crippen LogP contribution in [0.25, 0.3) is 5.65 Å². The van der Waals surface area contributed by atoms with Crippen molar-refractivity contribution in [3.05, 3.63) is 77.5 Å². The molecule has 4 aromatic rings. The zero-order chi connectivity index (χ0) is 19.8. The fourth-order valence-electron chi connectivity index (χ4n) is 2.56. The first-order valence-corrected chi connectivity index (χ1v) is 7.88. The Bertz CT molecular complexity index is 1170. The predicted molar refractivity (Wildman–Crippen MR) is 88.5 cm³/mol. The Balaban J connectivity index is 1.52. The molecule has 0 spiro atoms. The van der Waals surface area contributed by atoms with Gasteiger partial charge in [-0.2, -0.15) is 10.2 Å². The minimum Gasteiger partial charge on any atom is -0.318 e. The maximum Gasteiger partial charge on any atom is 0.276 e. The van der Waals surface area contributed by atoms with E-state index in [0.29, 0.717) is 5.65 Å². The normalized spacial score (nSPS) is 11.1. The van der Waals surface area contributed by atoms with Crippen LogP contribution in [-0.4, -0.2) is 30.3 Å². The number of nitrogens with one attached hydrogen (secondary N) is 1. The number of fused-ring (bicyclic) bond motifs is 1. The Morgan fingerprint density at radius 3 is 2.71 bits per heavy atom. The van der Waals surface area contributed by atoms with Gasteiger partial charge >= 0.3 is 0 Å². The molecule has 0 aliphatic carbocycles. The van der Waals surface area contributed by atoms with Crippen LogP contribution >= 0.6 is 0 Å². The molecule has 0 aliphatic rings. The third kappa shape index (κ3) is 3.17. The van der Waals surface area contributed by atoms with Crippen molar-refractivity contribution in [3.63, 3.8) is 0 Å². The SMILES string of the molecule is O=C(Nc1cnn(Cc2c(F)cc(F)c(F)c2F)c1)c1cc2ncccn2n1. The van der Waals surface area contributed by atoms with Crippen LogP contribution in [0.2, 0.25) is 0 Å². The number of carbonyl (C=O) groups is 1. The molecule has 1 aromatic carbocycles. The number of hydrogen-bond acceptors (Lipinski definition) is 4. The third-order valence-corrected chi connectivity index (χ3v) is 3.89. The predicted octanol–water partition coefficient (Wildman–Crippen LogP) is 2.78. The molecule has 28 heavy (non-hydrogen) atoms. The summed E-state index contributed by atoms with van der Waals surface area (Å²) in [4.78, 5) is 16.3. The number of amides is 1. The van der Waals surface area contributed by atoms with E-state index in [1.807, 2.05) is 0 Å². The summed E-state index contributed by atoms with van der Waals surface area (Å²) in [5, 5.41) is 10.4. The van der Waals surface area contributed by atoms with Crippen LogP contribution in [0.5, 0.6) is 0 Å². The van der Waals surface area contributed by atoms with Gasteiger partial charge in [0.15, 0.2) is 28.8 Å². The van der Waals surface area contributed by atoms with Crippen LogP contribution in [0.1, 0.15) is 16.1 Å². The lowest BCUT2D eigenvalue weighted by Crippen LogP contribution is -2.12. The van der Waals surface area contributed by atoms with Crippen LogP contribution in [0.3, 0.4) is 0 Å². The lowest BCUT2D eigenvalue weighted by atomic mass is 10.2. The van der Waals surface area contributed by atoms with Gasteiger partial charge in [-0.3, -0.25) is 9.48 Å². The van der Waals surface area contributed by atoms with Crippen molar-refractivity contribution in [1.82, 2.24) is 24.4 Å². The molecule has 11 heteroatoms. The van der Waals surface area contributed by atoms with Crippen LogP contribution in [-0.2, 0) is 6.54 Å². The van der Waals surface area contributed by atoms with E-state index < -0.39 is 41.3 Å². The van der Waals surface area contributed by atoms with E-state index in [2.05, 4.69) is 20.5 Å². The number of halogens is 4. The maximum atomic E-state index is 13.8. The van der Waals surface area contributed by atoms with E-state index >= 15 is 0 Å². The zero-order valence-electron chi connectivity index (χ0n) is 13.9. The van der Waals surface area contributed by atoms with Gasteiger partial charge in [0.25, 0.3) is 5.91 Å². The molecule has 0 bridgehead atoms. The molecule has 3 aromatic heterocycles. The number of anilines is 1. The van der Waals surface area contributed by atoms with Gasteiger partial charge in [-0.25, -0.2) is 27.1 Å². The topological polar surface area (TPSA) is 77.1 Å². The molecule has 1 amide bonds. The summed E-state index contributed by atoms with van der Waals surface area (Å²) < 4.78 is 56.3. The molecule has 0 radical (unpaired) electrons. The van der Waals surface area contributed by atoms with Crippen molar-refractivity contribution in [3.8, 4) is 0 Å². The van der Waals surface area contributed by atoms with Gasteiger partial charge in [-0.15, -0.1) is 0 Å². The maximum absolute atomic E-state index is 13.8. The van der Waals surface area contributed by atoms with Gasteiger partial charge in [-0.1, -0.05) is 0 Å². The van der Waals surface area contributed by atoms with E-state index in [9.17, 15) is 22.4 Å². The minimum atomic E-state index is -1.77. The van der Waals surface area contributed by atoms with Crippen LogP contribution < -0.4 is 5.32 Å².